The number of carbonyl (C=O) groups is 1. The minimum absolute atomic E-state index is 0.467. The molecule has 0 aliphatic rings. The van der Waals surface area contributed by atoms with Crippen LogP contribution in [0.5, 0.6) is 0 Å². The Morgan fingerprint density at radius 3 is 2.85 bits per heavy atom. The number of hydrogen-bond acceptors (Lipinski definition) is 2. The number of carbonyl (C=O) groups excluding carboxylic acids is 1. The van der Waals surface area contributed by atoms with Crippen LogP contribution in [-0.2, 0) is 0 Å². The molecule has 0 saturated heterocycles. The molecule has 1 aromatic rings. The van der Waals surface area contributed by atoms with Gasteiger partial charge in [-0.25, -0.2) is 10.6 Å². The average molecular weight is 200 g/mol. The molecule has 0 spiro atoms. The van der Waals surface area contributed by atoms with Gasteiger partial charge in [-0.3, -0.25) is 5.43 Å². The van der Waals surface area contributed by atoms with E-state index in [0.29, 0.717) is 10.7 Å². The topological polar surface area (TPSA) is 67.2 Å². The van der Waals surface area contributed by atoms with Crippen LogP contribution in [0.25, 0.3) is 0 Å². The number of benzene rings is 1. The second-order valence-corrected chi connectivity index (χ2v) is 2.99. The molecule has 0 bridgehead atoms. The van der Waals surface area contributed by atoms with E-state index in [4.69, 9.17) is 17.4 Å². The monoisotopic (exact) mass is 199 g/mol. The van der Waals surface area contributed by atoms with Crippen molar-refractivity contribution in [2.24, 2.45) is 5.84 Å². The zero-order valence-corrected chi connectivity index (χ0v) is 7.85. The van der Waals surface area contributed by atoms with Crippen LogP contribution in [0.1, 0.15) is 5.56 Å². The lowest BCUT2D eigenvalue weighted by atomic mass is 10.2. The molecule has 0 saturated carbocycles. The molecule has 0 aliphatic heterocycles. The fraction of sp³-hybridized carbons (Fsp3) is 0.125. The van der Waals surface area contributed by atoms with E-state index in [0.717, 1.165) is 5.56 Å². The summed E-state index contributed by atoms with van der Waals surface area (Å²) in [5, 5.41) is 3.11. The molecule has 4 nitrogen and oxygen atoms in total. The maximum Gasteiger partial charge on any atom is 0.333 e. The van der Waals surface area contributed by atoms with Crippen LogP contribution in [-0.4, -0.2) is 6.03 Å². The van der Waals surface area contributed by atoms with Gasteiger partial charge in [-0.15, -0.1) is 0 Å². The molecular weight excluding hydrogens is 190 g/mol. The number of urea groups is 1. The minimum Gasteiger partial charge on any atom is -0.307 e. The van der Waals surface area contributed by atoms with Crippen LogP contribution in [0.15, 0.2) is 18.2 Å². The highest BCUT2D eigenvalue weighted by Gasteiger charge is 2.02. The van der Waals surface area contributed by atoms with Crippen molar-refractivity contribution in [2.45, 2.75) is 6.92 Å². The Bertz CT molecular complexity index is 327. The number of nitrogens with one attached hydrogen (secondary N) is 2. The van der Waals surface area contributed by atoms with Gasteiger partial charge in [0.2, 0.25) is 0 Å². The lowest BCUT2D eigenvalue weighted by Crippen LogP contribution is -2.34. The molecule has 1 aromatic carbocycles. The van der Waals surface area contributed by atoms with Gasteiger partial charge in [0.1, 0.15) is 0 Å². The first-order valence-electron chi connectivity index (χ1n) is 3.67. The van der Waals surface area contributed by atoms with Crippen molar-refractivity contribution < 1.29 is 4.79 Å². The molecule has 2 amide bonds. The SMILES string of the molecule is Cc1ccc(Cl)cc1NC(=O)NN. The highest BCUT2D eigenvalue weighted by atomic mass is 35.5. The summed E-state index contributed by atoms with van der Waals surface area (Å²) in [7, 11) is 0. The van der Waals surface area contributed by atoms with Crippen LogP contribution < -0.4 is 16.6 Å². The standard InChI is InChI=1S/C8H10ClN3O/c1-5-2-3-6(9)4-7(5)11-8(13)12-10/h2-4H,10H2,1H3,(H2,11,12,13). The normalized spacial score (nSPS) is 9.46. The number of amides is 2. The van der Waals surface area contributed by atoms with E-state index in [1.54, 1.807) is 12.1 Å². The molecular formula is C8H10ClN3O. The zero-order chi connectivity index (χ0) is 9.84. The van der Waals surface area contributed by atoms with Gasteiger partial charge in [-0.1, -0.05) is 17.7 Å². The van der Waals surface area contributed by atoms with E-state index in [9.17, 15) is 4.79 Å². The summed E-state index contributed by atoms with van der Waals surface area (Å²) in [6.07, 6.45) is 0. The Kier molecular flexibility index (Phi) is 3.11. The van der Waals surface area contributed by atoms with Gasteiger partial charge < -0.3 is 5.32 Å². The van der Waals surface area contributed by atoms with E-state index in [1.165, 1.54) is 0 Å². The first-order chi connectivity index (χ1) is 6.13. The van der Waals surface area contributed by atoms with Crippen LogP contribution in [0.4, 0.5) is 10.5 Å². The molecule has 0 heterocycles. The van der Waals surface area contributed by atoms with Crippen molar-refractivity contribution in [2.75, 3.05) is 5.32 Å². The van der Waals surface area contributed by atoms with Crippen molar-refractivity contribution in [3.05, 3.63) is 28.8 Å². The molecule has 70 valence electrons. The summed E-state index contributed by atoms with van der Waals surface area (Å²) >= 11 is 5.74. The van der Waals surface area contributed by atoms with Crippen molar-refractivity contribution in [3.8, 4) is 0 Å². The maximum absolute atomic E-state index is 10.9. The number of halogens is 1. The predicted molar refractivity (Wildman–Crippen MR) is 52.5 cm³/mol. The fourth-order valence-electron chi connectivity index (χ4n) is 0.887. The van der Waals surface area contributed by atoms with Crippen molar-refractivity contribution >= 4 is 23.3 Å². The molecule has 0 radical (unpaired) electrons. The molecule has 0 unspecified atom stereocenters. The second kappa shape index (κ2) is 4.11. The summed E-state index contributed by atoms with van der Waals surface area (Å²) in [5.41, 5.74) is 3.54. The smallest absolute Gasteiger partial charge is 0.307 e. The molecule has 5 heteroatoms. The summed E-state index contributed by atoms with van der Waals surface area (Å²) in [6, 6.07) is 4.76. The Hall–Kier alpha value is -1.26. The quantitative estimate of drug-likeness (QED) is 0.366. The second-order valence-electron chi connectivity index (χ2n) is 2.56. The maximum atomic E-state index is 10.9. The number of hydrogen-bond donors (Lipinski definition) is 3. The molecule has 4 N–H and O–H groups in total. The van der Waals surface area contributed by atoms with Gasteiger partial charge in [0.05, 0.1) is 0 Å². The van der Waals surface area contributed by atoms with Crippen LogP contribution in [0, 0.1) is 6.92 Å². The van der Waals surface area contributed by atoms with E-state index in [1.807, 2.05) is 18.4 Å². The molecule has 0 atom stereocenters. The third kappa shape index (κ3) is 2.61. The predicted octanol–water partition coefficient (Wildman–Crippen LogP) is 1.64. The van der Waals surface area contributed by atoms with Gasteiger partial charge >= 0.3 is 6.03 Å². The number of aryl methyl sites for hydroxylation is 1. The number of nitrogens with two attached hydrogens (primary N) is 1. The molecule has 13 heavy (non-hydrogen) atoms. The summed E-state index contributed by atoms with van der Waals surface area (Å²) in [6.45, 7) is 1.86. The fourth-order valence-corrected chi connectivity index (χ4v) is 1.06. The van der Waals surface area contributed by atoms with E-state index < -0.39 is 6.03 Å². The highest BCUT2D eigenvalue weighted by molar-refractivity contribution is 6.31. The Morgan fingerprint density at radius 1 is 1.54 bits per heavy atom. The Balaban J connectivity index is 2.87. The van der Waals surface area contributed by atoms with Gasteiger partial charge in [0, 0.05) is 10.7 Å². The average Bonchev–Trinajstić information content (AvgIpc) is 2.11. The third-order valence-electron chi connectivity index (χ3n) is 1.58. The lowest BCUT2D eigenvalue weighted by Gasteiger charge is -2.07. The summed E-state index contributed by atoms with van der Waals surface area (Å²) < 4.78 is 0. The first-order valence-corrected chi connectivity index (χ1v) is 4.05. The van der Waals surface area contributed by atoms with Crippen LogP contribution in [0.3, 0.4) is 0 Å². The number of rotatable bonds is 1. The highest BCUT2D eigenvalue weighted by Crippen LogP contribution is 2.19. The Labute approximate surface area is 81.0 Å². The Morgan fingerprint density at radius 2 is 2.23 bits per heavy atom. The van der Waals surface area contributed by atoms with E-state index >= 15 is 0 Å². The number of anilines is 1. The first kappa shape index (κ1) is 9.83. The van der Waals surface area contributed by atoms with Crippen molar-refractivity contribution in [1.82, 2.24) is 5.43 Å². The van der Waals surface area contributed by atoms with Crippen molar-refractivity contribution in [1.29, 1.82) is 0 Å². The third-order valence-corrected chi connectivity index (χ3v) is 1.81. The van der Waals surface area contributed by atoms with Gasteiger partial charge in [-0.05, 0) is 24.6 Å². The van der Waals surface area contributed by atoms with E-state index in [2.05, 4.69) is 5.32 Å². The zero-order valence-electron chi connectivity index (χ0n) is 7.10. The minimum atomic E-state index is -0.467. The number of hydrazine groups is 1. The summed E-state index contributed by atoms with van der Waals surface area (Å²) in [4.78, 5) is 10.9. The molecule has 0 aliphatic carbocycles. The van der Waals surface area contributed by atoms with Gasteiger partial charge in [0.25, 0.3) is 0 Å². The lowest BCUT2D eigenvalue weighted by molar-refractivity contribution is 0.252. The van der Waals surface area contributed by atoms with Crippen molar-refractivity contribution in [3.63, 3.8) is 0 Å². The van der Waals surface area contributed by atoms with Gasteiger partial charge in [0.15, 0.2) is 0 Å². The molecule has 0 fully saturated rings. The van der Waals surface area contributed by atoms with Gasteiger partial charge in [-0.2, -0.15) is 0 Å². The molecule has 1 rings (SSSR count). The van der Waals surface area contributed by atoms with Crippen LogP contribution >= 0.6 is 11.6 Å². The largest absolute Gasteiger partial charge is 0.333 e. The summed E-state index contributed by atoms with van der Waals surface area (Å²) in [5.74, 6) is 4.91. The van der Waals surface area contributed by atoms with Crippen LogP contribution in [0.2, 0.25) is 5.02 Å². The molecule has 0 aromatic heterocycles. The van der Waals surface area contributed by atoms with E-state index in [-0.39, 0.29) is 0 Å².